The van der Waals surface area contributed by atoms with Crippen molar-refractivity contribution in [3.05, 3.63) is 24.3 Å². The van der Waals surface area contributed by atoms with E-state index in [4.69, 9.17) is 5.73 Å². The minimum atomic E-state index is -0.275. The Bertz CT molecular complexity index is 607. The molecule has 0 aromatic heterocycles. The molecular formula is C19H32Cl2N4O2. The molecule has 1 aromatic carbocycles. The fourth-order valence-electron chi connectivity index (χ4n) is 2.91. The number of halogens is 2. The van der Waals surface area contributed by atoms with Crippen molar-refractivity contribution < 1.29 is 9.59 Å². The number of carbonyl (C=O) groups is 2. The van der Waals surface area contributed by atoms with Crippen LogP contribution in [0.5, 0.6) is 0 Å². The van der Waals surface area contributed by atoms with E-state index in [-0.39, 0.29) is 61.1 Å². The van der Waals surface area contributed by atoms with Crippen LogP contribution in [0.2, 0.25) is 0 Å². The standard InChI is InChI=1S/C19H30N4O2.2ClH/c1-13(21-19(25)14(2)15(3)20)11-18(24)22-16-7-6-8-17(12-16)23-9-4-5-10-23;;/h6-8,12-15H,4-5,9-11,20H2,1-3H3,(H,21,25)(H,22,24);2*1H. The van der Waals surface area contributed by atoms with Crippen molar-refractivity contribution in [3.63, 3.8) is 0 Å². The first-order valence-corrected chi connectivity index (χ1v) is 9.07. The molecule has 6 nitrogen and oxygen atoms in total. The Morgan fingerprint density at radius 1 is 1.15 bits per heavy atom. The van der Waals surface area contributed by atoms with Crippen LogP contribution in [0.1, 0.15) is 40.0 Å². The smallest absolute Gasteiger partial charge is 0.226 e. The van der Waals surface area contributed by atoms with Gasteiger partial charge in [0.25, 0.3) is 0 Å². The van der Waals surface area contributed by atoms with Crippen LogP contribution in [0.3, 0.4) is 0 Å². The van der Waals surface area contributed by atoms with Gasteiger partial charge in [-0.2, -0.15) is 0 Å². The summed E-state index contributed by atoms with van der Waals surface area (Å²) in [6.45, 7) is 7.55. The van der Waals surface area contributed by atoms with Crippen molar-refractivity contribution in [1.82, 2.24) is 5.32 Å². The van der Waals surface area contributed by atoms with E-state index in [1.54, 1.807) is 13.8 Å². The van der Waals surface area contributed by atoms with E-state index in [9.17, 15) is 9.59 Å². The van der Waals surface area contributed by atoms with Crippen molar-refractivity contribution in [2.45, 2.75) is 52.1 Å². The van der Waals surface area contributed by atoms with Crippen LogP contribution >= 0.6 is 24.8 Å². The lowest BCUT2D eigenvalue weighted by molar-refractivity contribution is -0.125. The predicted molar refractivity (Wildman–Crippen MR) is 116 cm³/mol. The molecule has 4 N–H and O–H groups in total. The molecule has 0 aliphatic carbocycles. The maximum Gasteiger partial charge on any atom is 0.226 e. The molecule has 1 aromatic rings. The fourth-order valence-corrected chi connectivity index (χ4v) is 2.91. The van der Waals surface area contributed by atoms with Gasteiger partial charge in [0, 0.05) is 48.9 Å². The third-order valence-corrected chi connectivity index (χ3v) is 4.68. The first-order valence-electron chi connectivity index (χ1n) is 9.07. The van der Waals surface area contributed by atoms with Crippen LogP contribution in [0, 0.1) is 5.92 Å². The molecular weight excluding hydrogens is 387 g/mol. The lowest BCUT2D eigenvalue weighted by Crippen LogP contribution is -2.43. The van der Waals surface area contributed by atoms with Crippen LogP contribution in [0.4, 0.5) is 11.4 Å². The van der Waals surface area contributed by atoms with E-state index in [0.29, 0.717) is 0 Å². The number of hydrogen-bond acceptors (Lipinski definition) is 4. The molecule has 27 heavy (non-hydrogen) atoms. The van der Waals surface area contributed by atoms with Gasteiger partial charge in [-0.3, -0.25) is 9.59 Å². The normalized spacial score (nSPS) is 16.4. The molecule has 8 heteroatoms. The average molecular weight is 419 g/mol. The number of amides is 2. The Morgan fingerprint density at radius 2 is 1.78 bits per heavy atom. The molecule has 2 amide bonds. The van der Waals surface area contributed by atoms with Crippen molar-refractivity contribution in [3.8, 4) is 0 Å². The SMILES string of the molecule is CC(CC(=O)Nc1cccc(N2CCCC2)c1)NC(=O)C(C)C(C)N.Cl.Cl. The molecule has 1 aliphatic rings. The van der Waals surface area contributed by atoms with Gasteiger partial charge in [0.15, 0.2) is 0 Å². The predicted octanol–water partition coefficient (Wildman–Crippen LogP) is 2.95. The lowest BCUT2D eigenvalue weighted by atomic mass is 10.0. The van der Waals surface area contributed by atoms with Gasteiger partial charge in [-0.15, -0.1) is 24.8 Å². The number of rotatable bonds is 7. The number of nitrogens with two attached hydrogens (primary N) is 1. The van der Waals surface area contributed by atoms with Crippen molar-refractivity contribution in [2.75, 3.05) is 23.3 Å². The first kappa shape index (κ1) is 25.5. The van der Waals surface area contributed by atoms with E-state index >= 15 is 0 Å². The zero-order valence-corrected chi connectivity index (χ0v) is 17.9. The average Bonchev–Trinajstić information content (AvgIpc) is 3.08. The van der Waals surface area contributed by atoms with E-state index in [0.717, 1.165) is 24.5 Å². The molecule has 1 saturated heterocycles. The molecule has 0 radical (unpaired) electrons. The molecule has 1 aliphatic heterocycles. The zero-order valence-electron chi connectivity index (χ0n) is 16.2. The van der Waals surface area contributed by atoms with Gasteiger partial charge in [-0.25, -0.2) is 0 Å². The minimum Gasteiger partial charge on any atom is -0.371 e. The summed E-state index contributed by atoms with van der Waals surface area (Å²) >= 11 is 0. The number of benzene rings is 1. The summed E-state index contributed by atoms with van der Waals surface area (Å²) in [6.07, 6.45) is 2.66. The van der Waals surface area contributed by atoms with Crippen LogP contribution < -0.4 is 21.3 Å². The molecule has 0 bridgehead atoms. The number of nitrogens with one attached hydrogen (secondary N) is 2. The molecule has 0 spiro atoms. The molecule has 1 heterocycles. The van der Waals surface area contributed by atoms with Gasteiger partial charge >= 0.3 is 0 Å². The number of anilines is 2. The maximum absolute atomic E-state index is 12.2. The molecule has 1 fully saturated rings. The first-order chi connectivity index (χ1) is 11.9. The van der Waals surface area contributed by atoms with Gasteiger partial charge < -0.3 is 21.3 Å². The largest absolute Gasteiger partial charge is 0.371 e. The van der Waals surface area contributed by atoms with Gasteiger partial charge in [0.1, 0.15) is 0 Å². The van der Waals surface area contributed by atoms with E-state index in [2.05, 4.69) is 21.6 Å². The highest BCUT2D eigenvalue weighted by molar-refractivity contribution is 5.92. The molecule has 2 rings (SSSR count). The quantitative estimate of drug-likeness (QED) is 0.634. The Hall–Kier alpha value is -1.50. The Labute approximate surface area is 174 Å². The Morgan fingerprint density at radius 3 is 2.37 bits per heavy atom. The maximum atomic E-state index is 12.2. The summed E-state index contributed by atoms with van der Waals surface area (Å²) in [7, 11) is 0. The van der Waals surface area contributed by atoms with Crippen molar-refractivity contribution >= 4 is 48.0 Å². The Balaban J connectivity index is 0.00000338. The summed E-state index contributed by atoms with van der Waals surface area (Å²) < 4.78 is 0. The fraction of sp³-hybridized carbons (Fsp3) is 0.579. The highest BCUT2D eigenvalue weighted by atomic mass is 35.5. The summed E-state index contributed by atoms with van der Waals surface area (Å²) in [4.78, 5) is 26.6. The van der Waals surface area contributed by atoms with E-state index in [1.807, 2.05) is 25.1 Å². The summed E-state index contributed by atoms with van der Waals surface area (Å²) in [5, 5.41) is 5.77. The second kappa shape index (κ2) is 12.1. The van der Waals surface area contributed by atoms with Gasteiger partial charge in [0.2, 0.25) is 11.8 Å². The Kier molecular flexibility index (Phi) is 11.4. The number of nitrogens with zero attached hydrogens (tertiary/aromatic N) is 1. The van der Waals surface area contributed by atoms with E-state index in [1.165, 1.54) is 12.8 Å². The van der Waals surface area contributed by atoms with Crippen molar-refractivity contribution in [1.29, 1.82) is 0 Å². The molecule has 154 valence electrons. The second-order valence-electron chi connectivity index (χ2n) is 7.05. The zero-order chi connectivity index (χ0) is 18.4. The topological polar surface area (TPSA) is 87.5 Å². The number of hydrogen-bond donors (Lipinski definition) is 3. The highest BCUT2D eigenvalue weighted by Gasteiger charge is 2.20. The highest BCUT2D eigenvalue weighted by Crippen LogP contribution is 2.23. The summed E-state index contributed by atoms with van der Waals surface area (Å²) in [5.74, 6) is -0.506. The summed E-state index contributed by atoms with van der Waals surface area (Å²) in [5.41, 5.74) is 7.67. The lowest BCUT2D eigenvalue weighted by Gasteiger charge is -2.20. The summed E-state index contributed by atoms with van der Waals surface area (Å²) in [6, 6.07) is 7.46. The van der Waals surface area contributed by atoms with E-state index < -0.39 is 0 Å². The molecule has 3 atom stereocenters. The van der Waals surface area contributed by atoms with Gasteiger partial charge in [-0.05, 0) is 44.9 Å². The second-order valence-corrected chi connectivity index (χ2v) is 7.05. The molecule has 3 unspecified atom stereocenters. The third kappa shape index (κ3) is 7.95. The van der Waals surface area contributed by atoms with Gasteiger partial charge in [0.05, 0.1) is 0 Å². The van der Waals surface area contributed by atoms with Crippen molar-refractivity contribution in [2.24, 2.45) is 11.7 Å². The van der Waals surface area contributed by atoms with Crippen LogP contribution in [-0.2, 0) is 9.59 Å². The van der Waals surface area contributed by atoms with Crippen LogP contribution in [-0.4, -0.2) is 37.0 Å². The monoisotopic (exact) mass is 418 g/mol. The molecule has 0 saturated carbocycles. The number of carbonyl (C=O) groups excluding carboxylic acids is 2. The third-order valence-electron chi connectivity index (χ3n) is 4.68. The van der Waals surface area contributed by atoms with Gasteiger partial charge in [-0.1, -0.05) is 13.0 Å². The van der Waals surface area contributed by atoms with Crippen LogP contribution in [0.15, 0.2) is 24.3 Å². The van der Waals surface area contributed by atoms with Crippen LogP contribution in [0.25, 0.3) is 0 Å². The minimum absolute atomic E-state index is 0.